The number of fused-ring (bicyclic) bond motifs is 1. The zero-order valence-electron chi connectivity index (χ0n) is 11.5. The van der Waals surface area contributed by atoms with E-state index in [0.29, 0.717) is 12.1 Å². The largest absolute Gasteiger partial charge is 0.464 e. The number of aromatic nitrogens is 1. The Labute approximate surface area is 117 Å². The lowest BCUT2D eigenvalue weighted by molar-refractivity contribution is 0.481. The molecule has 3 aromatic rings. The summed E-state index contributed by atoms with van der Waals surface area (Å²) in [6.45, 7) is 2.54. The number of benzene rings is 1. The Balaban J connectivity index is 1.99. The van der Waals surface area contributed by atoms with Gasteiger partial charge < -0.3 is 14.3 Å². The van der Waals surface area contributed by atoms with Crippen molar-refractivity contribution in [3.05, 3.63) is 53.5 Å². The van der Waals surface area contributed by atoms with Crippen LogP contribution in [0.15, 0.2) is 40.8 Å². The van der Waals surface area contributed by atoms with Gasteiger partial charge in [-0.2, -0.15) is 5.26 Å². The third-order valence-corrected chi connectivity index (χ3v) is 3.37. The van der Waals surface area contributed by atoms with Gasteiger partial charge in [0.15, 0.2) is 0 Å². The van der Waals surface area contributed by atoms with Gasteiger partial charge >= 0.3 is 0 Å². The number of nitriles is 1. The van der Waals surface area contributed by atoms with Gasteiger partial charge in [0.1, 0.15) is 29.0 Å². The lowest BCUT2D eigenvalue weighted by Gasteiger charge is -2.16. The van der Waals surface area contributed by atoms with Crippen LogP contribution in [0.5, 0.6) is 0 Å². The van der Waals surface area contributed by atoms with Crippen molar-refractivity contribution in [1.29, 1.82) is 5.26 Å². The average molecular weight is 265 g/mol. The van der Waals surface area contributed by atoms with Crippen LogP contribution in [0.2, 0.25) is 0 Å². The Morgan fingerprint density at radius 2 is 2.05 bits per heavy atom. The standard InChI is InChI=1S/C16H15N3O/c1-11-7-8-12(20-11)10-19(2)16-14(9-17)13-5-3-4-6-15(13)18-16/h3-8,18H,10H2,1-2H3. The molecule has 0 aliphatic heterocycles. The predicted molar refractivity (Wildman–Crippen MR) is 78.6 cm³/mol. The van der Waals surface area contributed by atoms with Crippen molar-refractivity contribution < 1.29 is 4.42 Å². The number of aryl methyl sites for hydroxylation is 1. The van der Waals surface area contributed by atoms with E-state index in [2.05, 4.69) is 11.1 Å². The zero-order chi connectivity index (χ0) is 14.1. The summed E-state index contributed by atoms with van der Waals surface area (Å²) in [6.07, 6.45) is 0. The van der Waals surface area contributed by atoms with Crippen molar-refractivity contribution in [2.24, 2.45) is 0 Å². The van der Waals surface area contributed by atoms with Gasteiger partial charge in [0.05, 0.1) is 6.54 Å². The van der Waals surface area contributed by atoms with Crippen molar-refractivity contribution in [1.82, 2.24) is 4.98 Å². The van der Waals surface area contributed by atoms with Gasteiger partial charge in [-0.15, -0.1) is 0 Å². The van der Waals surface area contributed by atoms with Crippen molar-refractivity contribution in [2.75, 3.05) is 11.9 Å². The molecule has 20 heavy (non-hydrogen) atoms. The smallest absolute Gasteiger partial charge is 0.125 e. The second-order valence-corrected chi connectivity index (χ2v) is 4.87. The van der Waals surface area contributed by atoms with Gasteiger partial charge in [0, 0.05) is 18.0 Å². The molecule has 0 saturated carbocycles. The van der Waals surface area contributed by atoms with E-state index in [4.69, 9.17) is 4.42 Å². The Kier molecular flexibility index (Phi) is 2.96. The number of furan rings is 1. The minimum absolute atomic E-state index is 0.620. The molecule has 0 amide bonds. The molecule has 0 atom stereocenters. The molecule has 0 aliphatic carbocycles. The van der Waals surface area contributed by atoms with Crippen LogP contribution in [0.4, 0.5) is 5.82 Å². The maximum atomic E-state index is 9.40. The van der Waals surface area contributed by atoms with Gasteiger partial charge in [-0.1, -0.05) is 18.2 Å². The van der Waals surface area contributed by atoms with E-state index < -0.39 is 0 Å². The molecule has 1 N–H and O–H groups in total. The second kappa shape index (κ2) is 4.78. The first-order valence-electron chi connectivity index (χ1n) is 6.46. The first-order valence-corrected chi connectivity index (χ1v) is 6.46. The Morgan fingerprint density at radius 1 is 1.25 bits per heavy atom. The Bertz CT molecular complexity index is 792. The van der Waals surface area contributed by atoms with Gasteiger partial charge in [-0.3, -0.25) is 0 Å². The topological polar surface area (TPSA) is 56.0 Å². The first-order chi connectivity index (χ1) is 9.69. The molecule has 2 aromatic heterocycles. The van der Waals surface area contributed by atoms with Gasteiger partial charge in [-0.25, -0.2) is 0 Å². The van der Waals surface area contributed by atoms with Crippen molar-refractivity contribution in [3.63, 3.8) is 0 Å². The highest BCUT2D eigenvalue weighted by Crippen LogP contribution is 2.28. The van der Waals surface area contributed by atoms with E-state index >= 15 is 0 Å². The fraction of sp³-hybridized carbons (Fsp3) is 0.188. The minimum Gasteiger partial charge on any atom is -0.464 e. The Hall–Kier alpha value is -2.67. The molecule has 0 spiro atoms. The van der Waals surface area contributed by atoms with Gasteiger partial charge in [0.25, 0.3) is 0 Å². The molecule has 0 radical (unpaired) electrons. The lowest BCUT2D eigenvalue weighted by Crippen LogP contribution is -2.17. The number of hydrogen-bond acceptors (Lipinski definition) is 3. The number of aromatic amines is 1. The summed E-state index contributed by atoms with van der Waals surface area (Å²) >= 11 is 0. The third kappa shape index (κ3) is 2.04. The second-order valence-electron chi connectivity index (χ2n) is 4.87. The van der Waals surface area contributed by atoms with E-state index in [1.807, 2.05) is 55.3 Å². The number of H-pyrrole nitrogens is 1. The highest BCUT2D eigenvalue weighted by atomic mass is 16.3. The molecule has 0 unspecified atom stereocenters. The molecule has 3 rings (SSSR count). The Morgan fingerprint density at radius 3 is 2.75 bits per heavy atom. The number of para-hydroxylation sites is 1. The van der Waals surface area contributed by atoms with Crippen LogP contribution in [0.3, 0.4) is 0 Å². The number of hydrogen-bond donors (Lipinski definition) is 1. The van der Waals surface area contributed by atoms with Gasteiger partial charge in [-0.05, 0) is 25.1 Å². The van der Waals surface area contributed by atoms with E-state index in [1.165, 1.54) is 0 Å². The summed E-state index contributed by atoms with van der Waals surface area (Å²) in [4.78, 5) is 5.30. The zero-order valence-corrected chi connectivity index (χ0v) is 11.5. The number of rotatable bonds is 3. The van der Waals surface area contributed by atoms with Crippen molar-refractivity contribution >= 4 is 16.7 Å². The average Bonchev–Trinajstić information content (AvgIpc) is 3.01. The third-order valence-electron chi connectivity index (χ3n) is 3.37. The highest BCUT2D eigenvalue weighted by Gasteiger charge is 2.15. The van der Waals surface area contributed by atoms with E-state index in [-0.39, 0.29) is 0 Å². The van der Waals surface area contributed by atoms with E-state index in [1.54, 1.807) is 0 Å². The molecule has 0 aliphatic rings. The monoisotopic (exact) mass is 265 g/mol. The highest BCUT2D eigenvalue weighted by molar-refractivity contribution is 5.91. The van der Waals surface area contributed by atoms with Crippen LogP contribution in [-0.4, -0.2) is 12.0 Å². The molecule has 4 nitrogen and oxygen atoms in total. The quantitative estimate of drug-likeness (QED) is 0.787. The van der Waals surface area contributed by atoms with Crippen molar-refractivity contribution in [2.45, 2.75) is 13.5 Å². The fourth-order valence-corrected chi connectivity index (χ4v) is 2.41. The number of nitrogens with one attached hydrogen (secondary N) is 1. The molecule has 0 saturated heterocycles. The van der Waals surface area contributed by atoms with Gasteiger partial charge in [0.2, 0.25) is 0 Å². The van der Waals surface area contributed by atoms with Crippen LogP contribution >= 0.6 is 0 Å². The number of nitrogens with zero attached hydrogens (tertiary/aromatic N) is 2. The summed E-state index contributed by atoms with van der Waals surface area (Å²) in [5.74, 6) is 2.60. The van der Waals surface area contributed by atoms with Crippen LogP contribution in [0.25, 0.3) is 10.9 Å². The SMILES string of the molecule is Cc1ccc(CN(C)c2[nH]c3ccccc3c2C#N)o1. The normalized spacial score (nSPS) is 10.7. The maximum absolute atomic E-state index is 9.40. The van der Waals surface area contributed by atoms with Crippen LogP contribution < -0.4 is 4.90 Å². The maximum Gasteiger partial charge on any atom is 0.125 e. The predicted octanol–water partition coefficient (Wildman–Crippen LogP) is 3.58. The summed E-state index contributed by atoms with van der Waals surface area (Å²) < 4.78 is 5.58. The summed E-state index contributed by atoms with van der Waals surface area (Å²) in [5.41, 5.74) is 1.65. The summed E-state index contributed by atoms with van der Waals surface area (Å²) in [5, 5.41) is 10.4. The van der Waals surface area contributed by atoms with Crippen LogP contribution in [0, 0.1) is 18.3 Å². The van der Waals surface area contributed by atoms with E-state index in [9.17, 15) is 5.26 Å². The molecule has 0 bridgehead atoms. The first kappa shape index (κ1) is 12.4. The summed E-state index contributed by atoms with van der Waals surface area (Å²) in [6, 6.07) is 14.0. The fourth-order valence-electron chi connectivity index (χ4n) is 2.41. The molecule has 1 aromatic carbocycles. The van der Waals surface area contributed by atoms with Crippen molar-refractivity contribution in [3.8, 4) is 6.07 Å². The summed E-state index contributed by atoms with van der Waals surface area (Å²) in [7, 11) is 1.95. The lowest BCUT2D eigenvalue weighted by atomic mass is 10.2. The molecular weight excluding hydrogens is 250 g/mol. The molecule has 2 heterocycles. The minimum atomic E-state index is 0.620. The molecular formula is C16H15N3O. The van der Waals surface area contributed by atoms with E-state index in [0.717, 1.165) is 28.2 Å². The number of anilines is 1. The van der Waals surface area contributed by atoms with Crippen LogP contribution in [0.1, 0.15) is 17.1 Å². The molecule has 100 valence electrons. The molecule has 4 heteroatoms. The molecule has 0 fully saturated rings. The van der Waals surface area contributed by atoms with Crippen LogP contribution in [-0.2, 0) is 6.54 Å².